The van der Waals surface area contributed by atoms with Gasteiger partial charge in [-0.3, -0.25) is 24.6 Å². The van der Waals surface area contributed by atoms with Gasteiger partial charge in [0.15, 0.2) is 0 Å². The largest absolute Gasteiger partial charge is 0.423 e. The summed E-state index contributed by atoms with van der Waals surface area (Å²) in [6.45, 7) is 0. The lowest BCUT2D eigenvalue weighted by molar-refractivity contribution is -0.384. The summed E-state index contributed by atoms with van der Waals surface area (Å²) in [6, 6.07) is 11.4. The maximum Gasteiger partial charge on any atom is 0.343 e. The molecule has 1 saturated heterocycles. The van der Waals surface area contributed by atoms with Gasteiger partial charge in [0, 0.05) is 12.1 Å². The third-order valence-corrected chi connectivity index (χ3v) is 5.44. The summed E-state index contributed by atoms with van der Waals surface area (Å²) in [6.07, 6.45) is 3.40. The van der Waals surface area contributed by atoms with Gasteiger partial charge in [0.25, 0.3) is 5.69 Å². The molecule has 0 radical (unpaired) electrons. The number of anilines is 1. The number of fused-ring (bicyclic) bond motifs is 1. The quantitative estimate of drug-likeness (QED) is 0.258. The lowest BCUT2D eigenvalue weighted by Crippen LogP contribution is -2.30. The molecular weight excluding hydrogens is 376 g/mol. The summed E-state index contributed by atoms with van der Waals surface area (Å²) in [7, 11) is 0. The van der Waals surface area contributed by atoms with Crippen LogP contribution in [-0.4, -0.2) is 22.7 Å². The number of ether oxygens (including phenoxy) is 1. The van der Waals surface area contributed by atoms with Gasteiger partial charge in [-0.15, -0.1) is 0 Å². The first-order valence-corrected chi connectivity index (χ1v) is 9.40. The smallest absolute Gasteiger partial charge is 0.343 e. The van der Waals surface area contributed by atoms with Crippen LogP contribution in [0.3, 0.4) is 0 Å². The van der Waals surface area contributed by atoms with Gasteiger partial charge in [-0.05, 0) is 43.2 Å². The maximum absolute atomic E-state index is 12.6. The van der Waals surface area contributed by atoms with Gasteiger partial charge >= 0.3 is 5.97 Å². The van der Waals surface area contributed by atoms with Crippen LogP contribution in [0, 0.1) is 22.0 Å². The lowest BCUT2D eigenvalue weighted by Gasteiger charge is -2.19. The van der Waals surface area contributed by atoms with Gasteiger partial charge in [0.05, 0.1) is 28.0 Å². The van der Waals surface area contributed by atoms with Crippen LogP contribution in [-0.2, 0) is 9.59 Å². The van der Waals surface area contributed by atoms with Crippen LogP contribution >= 0.6 is 0 Å². The molecule has 8 nitrogen and oxygen atoms in total. The topological polar surface area (TPSA) is 107 Å². The van der Waals surface area contributed by atoms with E-state index in [9.17, 15) is 24.5 Å². The number of imide groups is 1. The Balaban J connectivity index is 1.49. The second-order valence-corrected chi connectivity index (χ2v) is 7.20. The Morgan fingerprint density at radius 2 is 1.62 bits per heavy atom. The van der Waals surface area contributed by atoms with Crippen LogP contribution in [0.15, 0.2) is 48.5 Å². The molecule has 8 heteroatoms. The highest BCUT2D eigenvalue weighted by Gasteiger charge is 2.48. The highest BCUT2D eigenvalue weighted by molar-refractivity contribution is 6.22. The molecule has 0 aromatic heterocycles. The van der Waals surface area contributed by atoms with Crippen LogP contribution < -0.4 is 9.64 Å². The SMILES string of the molecule is O=C(Oc1ccc(N2C(=O)C3CCCCC3C2=O)cc1)c1cccc([N+](=O)[O-])c1. The fourth-order valence-corrected chi connectivity index (χ4v) is 3.99. The van der Waals surface area contributed by atoms with E-state index in [1.807, 2.05) is 0 Å². The number of nitrogens with zero attached hydrogens (tertiary/aromatic N) is 2. The van der Waals surface area contributed by atoms with E-state index in [2.05, 4.69) is 0 Å². The summed E-state index contributed by atoms with van der Waals surface area (Å²) >= 11 is 0. The minimum atomic E-state index is -0.735. The molecule has 1 aliphatic heterocycles. The average Bonchev–Trinajstić information content (AvgIpc) is 2.99. The first-order valence-electron chi connectivity index (χ1n) is 9.40. The number of amides is 2. The van der Waals surface area contributed by atoms with Crippen molar-refractivity contribution in [3.8, 4) is 5.75 Å². The maximum atomic E-state index is 12.6. The fourth-order valence-electron chi connectivity index (χ4n) is 3.99. The first kappa shape index (κ1) is 18.8. The Kier molecular flexibility index (Phi) is 4.84. The van der Waals surface area contributed by atoms with Gasteiger partial charge in [0.1, 0.15) is 5.75 Å². The zero-order valence-electron chi connectivity index (χ0n) is 15.4. The van der Waals surface area contributed by atoms with Crippen molar-refractivity contribution in [3.63, 3.8) is 0 Å². The van der Waals surface area contributed by atoms with Gasteiger partial charge in [-0.1, -0.05) is 18.9 Å². The third kappa shape index (κ3) is 3.49. The first-order chi connectivity index (χ1) is 14.0. The van der Waals surface area contributed by atoms with Crippen molar-refractivity contribution in [1.82, 2.24) is 0 Å². The van der Waals surface area contributed by atoms with Crippen molar-refractivity contribution in [2.24, 2.45) is 11.8 Å². The zero-order valence-corrected chi connectivity index (χ0v) is 15.4. The minimum absolute atomic E-state index is 0.0530. The normalized spacial score (nSPS) is 21.0. The molecule has 4 rings (SSSR count). The predicted molar refractivity (Wildman–Crippen MR) is 102 cm³/mol. The number of nitro groups is 1. The molecule has 29 heavy (non-hydrogen) atoms. The summed E-state index contributed by atoms with van der Waals surface area (Å²) < 4.78 is 5.25. The number of rotatable bonds is 4. The summed E-state index contributed by atoms with van der Waals surface area (Å²) in [5.41, 5.74) is 0.295. The second kappa shape index (κ2) is 7.46. The molecule has 2 fully saturated rings. The Morgan fingerprint density at radius 1 is 1.00 bits per heavy atom. The minimum Gasteiger partial charge on any atom is -0.423 e. The number of hydrogen-bond acceptors (Lipinski definition) is 6. The van der Waals surface area contributed by atoms with E-state index in [4.69, 9.17) is 4.74 Å². The van der Waals surface area contributed by atoms with E-state index in [0.717, 1.165) is 31.7 Å². The van der Waals surface area contributed by atoms with Crippen molar-refractivity contribution in [2.75, 3.05) is 4.90 Å². The fraction of sp³-hybridized carbons (Fsp3) is 0.286. The molecule has 2 unspecified atom stereocenters. The number of hydrogen-bond donors (Lipinski definition) is 0. The van der Waals surface area contributed by atoms with E-state index < -0.39 is 10.9 Å². The number of carbonyl (C=O) groups is 3. The van der Waals surface area contributed by atoms with E-state index in [-0.39, 0.29) is 40.7 Å². The second-order valence-electron chi connectivity index (χ2n) is 7.20. The molecule has 2 amide bonds. The predicted octanol–water partition coefficient (Wildman–Crippen LogP) is 3.49. The van der Waals surface area contributed by atoms with E-state index in [0.29, 0.717) is 5.69 Å². The standard InChI is InChI=1S/C21H18N2O6/c24-19-17-6-1-2-7-18(17)20(25)22(19)14-8-10-16(11-9-14)29-21(26)13-4-3-5-15(12-13)23(27)28/h3-5,8-12,17-18H,1-2,6-7H2. The Bertz CT molecular complexity index is 976. The Hall–Kier alpha value is -3.55. The molecule has 2 aromatic rings. The molecule has 2 atom stereocenters. The lowest BCUT2D eigenvalue weighted by atomic mass is 9.81. The van der Waals surface area contributed by atoms with Gasteiger partial charge in [-0.2, -0.15) is 0 Å². The van der Waals surface area contributed by atoms with Crippen molar-refractivity contribution >= 4 is 29.2 Å². The van der Waals surface area contributed by atoms with Crippen LogP contribution in [0.25, 0.3) is 0 Å². The molecule has 2 aliphatic rings. The van der Waals surface area contributed by atoms with Gasteiger partial charge in [-0.25, -0.2) is 4.79 Å². The summed E-state index contributed by atoms with van der Waals surface area (Å²) in [5, 5.41) is 10.8. The highest BCUT2D eigenvalue weighted by atomic mass is 16.6. The van der Waals surface area contributed by atoms with Crippen molar-refractivity contribution in [3.05, 3.63) is 64.2 Å². The highest BCUT2D eigenvalue weighted by Crippen LogP contribution is 2.40. The summed E-state index contributed by atoms with van der Waals surface area (Å²) in [4.78, 5) is 49.0. The van der Waals surface area contributed by atoms with Crippen LogP contribution in [0.2, 0.25) is 0 Å². The van der Waals surface area contributed by atoms with Crippen LogP contribution in [0.5, 0.6) is 5.75 Å². The molecule has 0 spiro atoms. The monoisotopic (exact) mass is 394 g/mol. The molecule has 2 aromatic carbocycles. The van der Waals surface area contributed by atoms with Crippen molar-refractivity contribution < 1.29 is 24.0 Å². The number of non-ortho nitro benzene ring substituents is 1. The van der Waals surface area contributed by atoms with E-state index in [1.54, 1.807) is 12.1 Å². The molecule has 0 bridgehead atoms. The molecular formula is C21H18N2O6. The van der Waals surface area contributed by atoms with Gasteiger partial charge in [0.2, 0.25) is 11.8 Å². The average molecular weight is 394 g/mol. The number of nitro benzene ring substituents is 1. The third-order valence-electron chi connectivity index (χ3n) is 5.44. The molecule has 1 aliphatic carbocycles. The number of benzene rings is 2. The van der Waals surface area contributed by atoms with Crippen molar-refractivity contribution in [2.45, 2.75) is 25.7 Å². The van der Waals surface area contributed by atoms with E-state index in [1.165, 1.54) is 35.2 Å². The van der Waals surface area contributed by atoms with Gasteiger partial charge < -0.3 is 4.74 Å². The Labute approximate surface area is 166 Å². The molecule has 148 valence electrons. The number of esters is 1. The molecule has 0 N–H and O–H groups in total. The van der Waals surface area contributed by atoms with Crippen molar-refractivity contribution in [1.29, 1.82) is 0 Å². The summed E-state index contributed by atoms with van der Waals surface area (Å²) in [5.74, 6) is -1.32. The van der Waals surface area contributed by atoms with Crippen LogP contribution in [0.4, 0.5) is 11.4 Å². The Morgan fingerprint density at radius 3 is 2.21 bits per heavy atom. The molecule has 1 heterocycles. The van der Waals surface area contributed by atoms with Crippen LogP contribution in [0.1, 0.15) is 36.0 Å². The molecule has 1 saturated carbocycles. The number of carbonyl (C=O) groups excluding carboxylic acids is 3. The van der Waals surface area contributed by atoms with E-state index >= 15 is 0 Å². The zero-order chi connectivity index (χ0) is 20.5.